The van der Waals surface area contributed by atoms with Crippen molar-refractivity contribution in [3.05, 3.63) is 164 Å². The number of oxazole rings is 1. The van der Waals surface area contributed by atoms with Gasteiger partial charge in [-0.1, -0.05) is 84.9 Å². The molecular formula is C41H27N3O. The predicted molar refractivity (Wildman–Crippen MR) is 186 cm³/mol. The van der Waals surface area contributed by atoms with Crippen molar-refractivity contribution in [2.24, 2.45) is 0 Å². The summed E-state index contributed by atoms with van der Waals surface area (Å²) < 4.78 is 8.58. The molecule has 0 bridgehead atoms. The van der Waals surface area contributed by atoms with E-state index in [2.05, 4.69) is 137 Å². The van der Waals surface area contributed by atoms with E-state index in [-0.39, 0.29) is 0 Å². The number of hydrogen-bond donors (Lipinski definition) is 0. The molecule has 0 saturated heterocycles. The van der Waals surface area contributed by atoms with Gasteiger partial charge in [0.2, 0.25) is 5.89 Å². The third kappa shape index (κ3) is 4.11. The van der Waals surface area contributed by atoms with Crippen LogP contribution < -0.4 is 4.90 Å². The summed E-state index contributed by atoms with van der Waals surface area (Å²) in [6, 6.07) is 57.3. The van der Waals surface area contributed by atoms with Crippen molar-refractivity contribution < 1.29 is 4.42 Å². The summed E-state index contributed by atoms with van der Waals surface area (Å²) in [6.45, 7) is 0. The minimum Gasteiger partial charge on any atom is -0.436 e. The van der Waals surface area contributed by atoms with Gasteiger partial charge in [0.25, 0.3) is 0 Å². The molecule has 0 aliphatic rings. The van der Waals surface area contributed by atoms with Crippen LogP contribution in [0.5, 0.6) is 0 Å². The van der Waals surface area contributed by atoms with Crippen LogP contribution in [0.4, 0.5) is 17.1 Å². The van der Waals surface area contributed by atoms with Crippen LogP contribution in [0.3, 0.4) is 0 Å². The first kappa shape index (κ1) is 25.4. The average molecular weight is 578 g/mol. The Hall–Kier alpha value is -6.13. The largest absolute Gasteiger partial charge is 0.436 e. The van der Waals surface area contributed by atoms with Gasteiger partial charge in [-0.05, 0) is 78.9 Å². The fraction of sp³-hybridized carbons (Fsp3) is 0. The number of fused-ring (bicyclic) bond motifs is 6. The van der Waals surface area contributed by atoms with Gasteiger partial charge in [0.15, 0.2) is 5.58 Å². The highest BCUT2D eigenvalue weighted by molar-refractivity contribution is 6.13. The minimum atomic E-state index is 0.628. The third-order valence-electron chi connectivity index (χ3n) is 8.60. The zero-order chi connectivity index (χ0) is 29.7. The van der Waals surface area contributed by atoms with Gasteiger partial charge in [0.05, 0.1) is 16.7 Å². The lowest BCUT2D eigenvalue weighted by Gasteiger charge is -2.27. The third-order valence-corrected chi connectivity index (χ3v) is 8.60. The maximum atomic E-state index is 6.23. The molecule has 0 atom stereocenters. The van der Waals surface area contributed by atoms with Crippen molar-refractivity contribution >= 4 is 60.7 Å². The Labute approximate surface area is 260 Å². The summed E-state index contributed by atoms with van der Waals surface area (Å²) in [5.74, 6) is 0.628. The number of anilines is 3. The molecule has 0 fully saturated rings. The molecular weight excluding hydrogens is 550 g/mol. The second-order valence-electron chi connectivity index (χ2n) is 11.2. The highest BCUT2D eigenvalue weighted by Gasteiger charge is 2.20. The fourth-order valence-electron chi connectivity index (χ4n) is 6.59. The van der Waals surface area contributed by atoms with Gasteiger partial charge in [-0.2, -0.15) is 0 Å². The van der Waals surface area contributed by atoms with E-state index in [9.17, 15) is 0 Å². The van der Waals surface area contributed by atoms with Gasteiger partial charge in [0.1, 0.15) is 5.52 Å². The molecule has 0 aliphatic heterocycles. The van der Waals surface area contributed by atoms with Crippen molar-refractivity contribution in [1.82, 2.24) is 9.55 Å². The second kappa shape index (κ2) is 10.2. The second-order valence-corrected chi connectivity index (χ2v) is 11.2. The maximum absolute atomic E-state index is 6.23. The lowest BCUT2D eigenvalue weighted by atomic mass is 10.0. The van der Waals surface area contributed by atoms with E-state index < -0.39 is 0 Å². The van der Waals surface area contributed by atoms with Gasteiger partial charge in [0, 0.05) is 44.2 Å². The van der Waals surface area contributed by atoms with Gasteiger partial charge < -0.3 is 13.9 Å². The molecule has 4 nitrogen and oxygen atoms in total. The molecule has 212 valence electrons. The van der Waals surface area contributed by atoms with E-state index in [0.29, 0.717) is 5.89 Å². The van der Waals surface area contributed by atoms with Gasteiger partial charge >= 0.3 is 0 Å². The molecule has 0 saturated carbocycles. The molecule has 9 rings (SSSR count). The lowest BCUT2D eigenvalue weighted by molar-refractivity contribution is 0.620. The van der Waals surface area contributed by atoms with Crippen molar-refractivity contribution in [2.75, 3.05) is 4.90 Å². The summed E-state index contributed by atoms with van der Waals surface area (Å²) in [7, 11) is 0. The Morgan fingerprint density at radius 2 is 1.18 bits per heavy atom. The monoisotopic (exact) mass is 577 g/mol. The van der Waals surface area contributed by atoms with Crippen molar-refractivity contribution in [2.45, 2.75) is 0 Å². The smallest absolute Gasteiger partial charge is 0.227 e. The fourth-order valence-corrected chi connectivity index (χ4v) is 6.59. The van der Waals surface area contributed by atoms with Gasteiger partial charge in [-0.3, -0.25) is 0 Å². The number of nitrogens with zero attached hydrogens (tertiary/aromatic N) is 3. The lowest BCUT2D eigenvalue weighted by Crippen LogP contribution is -2.10. The van der Waals surface area contributed by atoms with Crippen LogP contribution in [0.2, 0.25) is 0 Å². The Morgan fingerprint density at radius 1 is 0.489 bits per heavy atom. The van der Waals surface area contributed by atoms with Crippen LogP contribution in [-0.4, -0.2) is 9.55 Å². The van der Waals surface area contributed by atoms with Crippen molar-refractivity contribution in [3.8, 4) is 17.1 Å². The Kier molecular flexibility index (Phi) is 5.78. The molecule has 0 aliphatic carbocycles. The predicted octanol–water partition coefficient (Wildman–Crippen LogP) is 11.2. The normalized spacial score (nSPS) is 11.6. The van der Waals surface area contributed by atoms with E-state index in [1.807, 2.05) is 36.4 Å². The molecule has 0 amide bonds. The Morgan fingerprint density at radius 3 is 2.00 bits per heavy atom. The van der Waals surface area contributed by atoms with E-state index in [0.717, 1.165) is 50.2 Å². The van der Waals surface area contributed by atoms with Crippen molar-refractivity contribution in [3.63, 3.8) is 0 Å². The molecule has 0 radical (unpaired) electrons. The van der Waals surface area contributed by atoms with Gasteiger partial charge in [-0.25, -0.2) is 4.98 Å². The van der Waals surface area contributed by atoms with Crippen LogP contribution in [0.25, 0.3) is 60.8 Å². The summed E-state index contributed by atoms with van der Waals surface area (Å²) in [6.07, 6.45) is 0. The molecule has 2 heterocycles. The quantitative estimate of drug-likeness (QED) is 0.204. The molecule has 4 heteroatoms. The highest BCUT2D eigenvalue weighted by Crippen LogP contribution is 2.43. The molecule has 2 aromatic heterocycles. The number of para-hydroxylation sites is 3. The molecule has 9 aromatic rings. The topological polar surface area (TPSA) is 34.2 Å². The number of hydrogen-bond acceptors (Lipinski definition) is 3. The van der Waals surface area contributed by atoms with E-state index in [1.54, 1.807) is 0 Å². The van der Waals surface area contributed by atoms with Crippen LogP contribution in [0.1, 0.15) is 0 Å². The molecule has 0 unspecified atom stereocenters. The average Bonchev–Trinajstić information content (AvgIpc) is 3.70. The zero-order valence-corrected chi connectivity index (χ0v) is 24.3. The zero-order valence-electron chi connectivity index (χ0n) is 24.3. The minimum absolute atomic E-state index is 0.628. The summed E-state index contributed by atoms with van der Waals surface area (Å²) in [5, 5.41) is 4.59. The number of aromatic nitrogens is 2. The van der Waals surface area contributed by atoms with E-state index in [1.165, 1.54) is 21.8 Å². The molecule has 45 heavy (non-hydrogen) atoms. The molecule has 0 spiro atoms. The molecule has 0 N–H and O–H groups in total. The number of benzene rings is 7. The Bertz CT molecular complexity index is 2480. The first-order valence-electron chi connectivity index (χ1n) is 15.1. The standard InChI is InChI=1S/C41H27N3O/c1-4-13-28(14-5-1)41-42-40-34-20-12-22-36(33(34)24-26-39(40)45-41)43(29-15-6-2-7-16-29)31-23-25-38-35(27-31)32-19-10-11-21-37(32)44(38)30-17-8-3-9-18-30/h1-27H. The van der Waals surface area contributed by atoms with E-state index >= 15 is 0 Å². The van der Waals surface area contributed by atoms with Crippen molar-refractivity contribution in [1.29, 1.82) is 0 Å². The summed E-state index contributed by atoms with van der Waals surface area (Å²) in [4.78, 5) is 7.32. The van der Waals surface area contributed by atoms with Crippen LogP contribution in [0.15, 0.2) is 168 Å². The van der Waals surface area contributed by atoms with Crippen LogP contribution in [0, 0.1) is 0 Å². The Balaban J connectivity index is 1.28. The summed E-state index contributed by atoms with van der Waals surface area (Å²) >= 11 is 0. The maximum Gasteiger partial charge on any atom is 0.227 e. The first-order valence-corrected chi connectivity index (χ1v) is 15.1. The van der Waals surface area contributed by atoms with Crippen LogP contribution in [-0.2, 0) is 0 Å². The SMILES string of the molecule is c1ccc(-c2nc3c(ccc4c(N(c5ccccc5)c5ccc6c(c5)c5ccccc5n6-c5ccccc5)cccc43)o2)cc1. The first-order chi connectivity index (χ1) is 22.3. The molecule has 7 aromatic carbocycles. The van der Waals surface area contributed by atoms with Crippen LogP contribution >= 0.6 is 0 Å². The summed E-state index contributed by atoms with van der Waals surface area (Å²) in [5.41, 5.74) is 9.37. The van der Waals surface area contributed by atoms with Gasteiger partial charge in [-0.15, -0.1) is 0 Å². The number of rotatable bonds is 5. The van der Waals surface area contributed by atoms with E-state index in [4.69, 9.17) is 9.40 Å². The highest BCUT2D eigenvalue weighted by atomic mass is 16.3.